The van der Waals surface area contributed by atoms with Crippen molar-refractivity contribution in [3.63, 3.8) is 0 Å². The molecule has 0 saturated heterocycles. The molecule has 1 atom stereocenters. The molecular weight excluding hydrogens is 230 g/mol. The first-order chi connectivity index (χ1) is 8.97. The van der Waals surface area contributed by atoms with Crippen molar-refractivity contribution in [3.05, 3.63) is 35.4 Å². The van der Waals surface area contributed by atoms with Crippen LogP contribution in [0.4, 0.5) is 0 Å². The standard InChI is InChI=1S/C18H31N/c1-6-7-8-9-17(19-5)14-15-10-12-16(13-11-15)18(2,3)4/h10-13,17,19H,6-9,14H2,1-5H3. The molecule has 0 radical (unpaired) electrons. The van der Waals surface area contributed by atoms with Gasteiger partial charge in [0.2, 0.25) is 0 Å². The third-order valence-corrected chi connectivity index (χ3v) is 3.87. The molecule has 1 aromatic carbocycles. The zero-order valence-corrected chi connectivity index (χ0v) is 13.4. The van der Waals surface area contributed by atoms with Gasteiger partial charge < -0.3 is 5.32 Å². The summed E-state index contributed by atoms with van der Waals surface area (Å²) in [5.41, 5.74) is 3.12. The number of benzene rings is 1. The Kier molecular flexibility index (Phi) is 6.57. The van der Waals surface area contributed by atoms with Crippen molar-refractivity contribution < 1.29 is 0 Å². The fraction of sp³-hybridized carbons (Fsp3) is 0.667. The van der Waals surface area contributed by atoms with Crippen LogP contribution in [-0.2, 0) is 11.8 Å². The number of nitrogens with one attached hydrogen (secondary N) is 1. The summed E-state index contributed by atoms with van der Waals surface area (Å²) in [5.74, 6) is 0. The van der Waals surface area contributed by atoms with E-state index in [4.69, 9.17) is 0 Å². The normalized spacial score (nSPS) is 13.5. The van der Waals surface area contributed by atoms with Gasteiger partial charge in [-0.3, -0.25) is 0 Å². The van der Waals surface area contributed by atoms with Crippen LogP contribution in [0.25, 0.3) is 0 Å². The van der Waals surface area contributed by atoms with E-state index in [-0.39, 0.29) is 5.41 Å². The Balaban J connectivity index is 2.55. The largest absolute Gasteiger partial charge is 0.317 e. The molecule has 1 N–H and O–H groups in total. The quantitative estimate of drug-likeness (QED) is 0.702. The van der Waals surface area contributed by atoms with Crippen LogP contribution in [-0.4, -0.2) is 13.1 Å². The topological polar surface area (TPSA) is 12.0 Å². The van der Waals surface area contributed by atoms with Gasteiger partial charge in [0.25, 0.3) is 0 Å². The fourth-order valence-electron chi connectivity index (χ4n) is 2.41. The van der Waals surface area contributed by atoms with Crippen molar-refractivity contribution in [2.45, 2.75) is 71.3 Å². The second-order valence-electron chi connectivity index (χ2n) is 6.63. The Labute approximate surface area is 119 Å². The van der Waals surface area contributed by atoms with Gasteiger partial charge in [0, 0.05) is 6.04 Å². The molecule has 0 bridgehead atoms. The van der Waals surface area contributed by atoms with Crippen molar-refractivity contribution in [2.24, 2.45) is 0 Å². The maximum absolute atomic E-state index is 3.45. The molecule has 0 fully saturated rings. The molecule has 0 aromatic heterocycles. The molecule has 0 aliphatic heterocycles. The van der Waals surface area contributed by atoms with Crippen LogP contribution < -0.4 is 5.32 Å². The molecule has 0 aliphatic rings. The molecule has 108 valence electrons. The predicted octanol–water partition coefficient (Wildman–Crippen LogP) is 4.69. The van der Waals surface area contributed by atoms with Crippen LogP contribution in [0.15, 0.2) is 24.3 Å². The van der Waals surface area contributed by atoms with Gasteiger partial charge in [0.15, 0.2) is 0 Å². The van der Waals surface area contributed by atoms with E-state index in [0.29, 0.717) is 6.04 Å². The Morgan fingerprint density at radius 2 is 1.68 bits per heavy atom. The third-order valence-electron chi connectivity index (χ3n) is 3.87. The predicted molar refractivity (Wildman–Crippen MR) is 85.8 cm³/mol. The van der Waals surface area contributed by atoms with Gasteiger partial charge in [-0.1, -0.05) is 71.2 Å². The Morgan fingerprint density at radius 3 is 2.16 bits per heavy atom. The van der Waals surface area contributed by atoms with Crippen molar-refractivity contribution in [3.8, 4) is 0 Å². The lowest BCUT2D eigenvalue weighted by molar-refractivity contribution is 0.490. The van der Waals surface area contributed by atoms with E-state index in [0.717, 1.165) is 6.42 Å². The lowest BCUT2D eigenvalue weighted by Crippen LogP contribution is -2.27. The highest BCUT2D eigenvalue weighted by molar-refractivity contribution is 5.27. The van der Waals surface area contributed by atoms with E-state index < -0.39 is 0 Å². The smallest absolute Gasteiger partial charge is 0.0104 e. The minimum atomic E-state index is 0.252. The fourth-order valence-corrected chi connectivity index (χ4v) is 2.41. The lowest BCUT2D eigenvalue weighted by atomic mass is 9.86. The van der Waals surface area contributed by atoms with Gasteiger partial charge >= 0.3 is 0 Å². The van der Waals surface area contributed by atoms with Gasteiger partial charge in [0.05, 0.1) is 0 Å². The van der Waals surface area contributed by atoms with Crippen molar-refractivity contribution in [2.75, 3.05) is 7.05 Å². The molecule has 19 heavy (non-hydrogen) atoms. The molecule has 0 aliphatic carbocycles. The molecule has 0 heterocycles. The number of rotatable bonds is 7. The van der Waals surface area contributed by atoms with Crippen molar-refractivity contribution in [1.29, 1.82) is 0 Å². The highest BCUT2D eigenvalue weighted by Gasteiger charge is 2.13. The van der Waals surface area contributed by atoms with Gasteiger partial charge in [-0.15, -0.1) is 0 Å². The Morgan fingerprint density at radius 1 is 1.05 bits per heavy atom. The first-order valence-corrected chi connectivity index (χ1v) is 7.74. The number of likely N-dealkylation sites (N-methyl/N-ethyl adjacent to an activating group) is 1. The maximum atomic E-state index is 3.45. The van der Waals surface area contributed by atoms with Crippen LogP contribution >= 0.6 is 0 Å². The molecule has 0 amide bonds. The number of hydrogen-bond acceptors (Lipinski definition) is 1. The lowest BCUT2D eigenvalue weighted by Gasteiger charge is -2.20. The molecule has 1 unspecified atom stereocenters. The van der Waals surface area contributed by atoms with Gasteiger partial charge in [-0.05, 0) is 36.4 Å². The summed E-state index contributed by atoms with van der Waals surface area (Å²) in [6.07, 6.45) is 6.41. The van der Waals surface area contributed by atoms with Crippen LogP contribution in [0.5, 0.6) is 0 Å². The highest BCUT2D eigenvalue weighted by atomic mass is 14.9. The molecular formula is C18H31N. The number of hydrogen-bond donors (Lipinski definition) is 1. The summed E-state index contributed by atoms with van der Waals surface area (Å²) < 4.78 is 0. The summed E-state index contributed by atoms with van der Waals surface area (Å²) in [4.78, 5) is 0. The van der Waals surface area contributed by atoms with E-state index in [1.165, 1.54) is 36.8 Å². The summed E-state index contributed by atoms with van der Waals surface area (Å²) in [7, 11) is 2.08. The molecule has 0 saturated carbocycles. The maximum Gasteiger partial charge on any atom is 0.0104 e. The molecule has 0 spiro atoms. The molecule has 1 rings (SSSR count). The Hall–Kier alpha value is -0.820. The summed E-state index contributed by atoms with van der Waals surface area (Å²) in [5, 5.41) is 3.45. The third kappa shape index (κ3) is 5.78. The zero-order chi connectivity index (χ0) is 14.3. The second kappa shape index (κ2) is 7.69. The average Bonchev–Trinajstić information content (AvgIpc) is 2.37. The van der Waals surface area contributed by atoms with E-state index in [2.05, 4.69) is 64.3 Å². The van der Waals surface area contributed by atoms with Crippen molar-refractivity contribution in [1.82, 2.24) is 5.32 Å². The SMILES string of the molecule is CCCCCC(Cc1ccc(C(C)(C)C)cc1)NC. The van der Waals surface area contributed by atoms with E-state index >= 15 is 0 Å². The van der Waals surface area contributed by atoms with Gasteiger partial charge in [0.1, 0.15) is 0 Å². The summed E-state index contributed by atoms with van der Waals surface area (Å²) in [6, 6.07) is 9.78. The summed E-state index contributed by atoms with van der Waals surface area (Å²) in [6.45, 7) is 9.06. The van der Waals surface area contributed by atoms with E-state index in [9.17, 15) is 0 Å². The highest BCUT2D eigenvalue weighted by Crippen LogP contribution is 2.22. The second-order valence-corrected chi connectivity index (χ2v) is 6.63. The summed E-state index contributed by atoms with van der Waals surface area (Å²) >= 11 is 0. The first-order valence-electron chi connectivity index (χ1n) is 7.74. The number of unbranched alkanes of at least 4 members (excludes halogenated alkanes) is 2. The van der Waals surface area contributed by atoms with Gasteiger partial charge in [-0.25, -0.2) is 0 Å². The average molecular weight is 261 g/mol. The first kappa shape index (κ1) is 16.2. The van der Waals surface area contributed by atoms with Gasteiger partial charge in [-0.2, -0.15) is 0 Å². The Bertz CT molecular complexity index is 345. The minimum Gasteiger partial charge on any atom is -0.317 e. The van der Waals surface area contributed by atoms with Crippen LogP contribution in [0.3, 0.4) is 0 Å². The zero-order valence-electron chi connectivity index (χ0n) is 13.4. The van der Waals surface area contributed by atoms with Crippen molar-refractivity contribution >= 4 is 0 Å². The monoisotopic (exact) mass is 261 g/mol. The van der Waals surface area contributed by atoms with Crippen LogP contribution in [0, 0.1) is 0 Å². The van der Waals surface area contributed by atoms with Crippen LogP contribution in [0.2, 0.25) is 0 Å². The van der Waals surface area contributed by atoms with E-state index in [1.807, 2.05) is 0 Å². The molecule has 1 aromatic rings. The molecule has 1 heteroatoms. The van der Waals surface area contributed by atoms with Crippen LogP contribution in [0.1, 0.15) is 64.5 Å². The van der Waals surface area contributed by atoms with E-state index in [1.54, 1.807) is 0 Å². The molecule has 1 nitrogen and oxygen atoms in total. The minimum absolute atomic E-state index is 0.252.